The molecule has 128 valence electrons. The molecular weight excluding hydrogens is 368 g/mol. The zero-order valence-corrected chi connectivity index (χ0v) is 15.0. The van der Waals surface area contributed by atoms with Crippen molar-refractivity contribution >= 4 is 34.5 Å². The van der Waals surface area contributed by atoms with Crippen LogP contribution >= 0.6 is 22.9 Å². The molecular formula is C19H13ClN4OS. The number of thiazole rings is 1. The summed E-state index contributed by atoms with van der Waals surface area (Å²) in [7, 11) is 0. The van der Waals surface area contributed by atoms with E-state index in [2.05, 4.69) is 15.4 Å². The van der Waals surface area contributed by atoms with E-state index in [-0.39, 0.29) is 5.91 Å². The number of carbonyl (C=O) groups is 1. The van der Waals surface area contributed by atoms with E-state index in [0.717, 1.165) is 16.3 Å². The molecule has 4 rings (SSSR count). The highest BCUT2D eigenvalue weighted by atomic mass is 35.5. The summed E-state index contributed by atoms with van der Waals surface area (Å²) >= 11 is 7.57. The van der Waals surface area contributed by atoms with Crippen LogP contribution in [0.3, 0.4) is 0 Å². The van der Waals surface area contributed by atoms with Gasteiger partial charge in [0.05, 0.1) is 5.69 Å². The van der Waals surface area contributed by atoms with Gasteiger partial charge in [-0.1, -0.05) is 17.7 Å². The molecule has 4 aromatic rings. The molecule has 0 atom stereocenters. The van der Waals surface area contributed by atoms with Gasteiger partial charge in [-0.2, -0.15) is 5.10 Å². The Morgan fingerprint density at radius 3 is 2.69 bits per heavy atom. The first-order chi connectivity index (χ1) is 12.7. The van der Waals surface area contributed by atoms with Crippen LogP contribution in [0.4, 0.5) is 5.69 Å². The van der Waals surface area contributed by atoms with Crippen LogP contribution in [0.25, 0.3) is 16.3 Å². The summed E-state index contributed by atoms with van der Waals surface area (Å²) in [5, 5.41) is 10.7. The van der Waals surface area contributed by atoms with Crippen molar-refractivity contribution in [1.82, 2.24) is 14.8 Å². The second-order valence-corrected chi connectivity index (χ2v) is 6.83. The predicted molar refractivity (Wildman–Crippen MR) is 104 cm³/mol. The molecule has 0 aliphatic heterocycles. The molecule has 0 aliphatic carbocycles. The fourth-order valence-corrected chi connectivity index (χ4v) is 3.29. The molecule has 5 nitrogen and oxygen atoms in total. The Kier molecular flexibility index (Phi) is 4.51. The molecule has 26 heavy (non-hydrogen) atoms. The maximum Gasteiger partial charge on any atom is 0.276 e. The van der Waals surface area contributed by atoms with Gasteiger partial charge in [0.2, 0.25) is 0 Å². The van der Waals surface area contributed by atoms with Crippen molar-refractivity contribution in [2.24, 2.45) is 0 Å². The van der Waals surface area contributed by atoms with Crippen molar-refractivity contribution in [3.05, 3.63) is 83.1 Å². The summed E-state index contributed by atoms with van der Waals surface area (Å²) < 4.78 is 1.62. The van der Waals surface area contributed by atoms with Crippen molar-refractivity contribution in [1.29, 1.82) is 0 Å². The number of hydrogen-bond donors (Lipinski definition) is 1. The number of nitrogens with one attached hydrogen (secondary N) is 1. The van der Waals surface area contributed by atoms with Gasteiger partial charge in [0, 0.05) is 34.0 Å². The molecule has 2 aromatic carbocycles. The normalized spacial score (nSPS) is 10.7. The van der Waals surface area contributed by atoms with Crippen LogP contribution in [0.2, 0.25) is 5.02 Å². The van der Waals surface area contributed by atoms with Crippen molar-refractivity contribution in [2.45, 2.75) is 0 Å². The van der Waals surface area contributed by atoms with Gasteiger partial charge in [-0.3, -0.25) is 4.79 Å². The Bertz CT molecular complexity index is 1040. The maximum absolute atomic E-state index is 12.4. The largest absolute Gasteiger partial charge is 0.321 e. The Morgan fingerprint density at radius 1 is 1.12 bits per heavy atom. The summed E-state index contributed by atoms with van der Waals surface area (Å²) in [6.45, 7) is 0. The number of hydrogen-bond acceptors (Lipinski definition) is 4. The SMILES string of the molecule is O=C(Nc1ccc(-c2nccs2)cc1)c1ccn(-c2cccc(Cl)c2)n1. The number of amides is 1. The highest BCUT2D eigenvalue weighted by Gasteiger charge is 2.11. The maximum atomic E-state index is 12.4. The lowest BCUT2D eigenvalue weighted by Gasteiger charge is -2.04. The van der Waals surface area contributed by atoms with Crippen LogP contribution in [-0.2, 0) is 0 Å². The standard InChI is InChI=1S/C19H13ClN4OS/c20-14-2-1-3-16(12-14)24-10-8-17(23-24)18(25)22-15-6-4-13(5-7-15)19-21-9-11-26-19/h1-12H,(H,22,25). The molecule has 0 fully saturated rings. The third kappa shape index (κ3) is 3.51. The first-order valence-corrected chi connectivity index (χ1v) is 9.08. The van der Waals surface area contributed by atoms with Gasteiger partial charge < -0.3 is 5.32 Å². The van der Waals surface area contributed by atoms with Crippen LogP contribution in [0.15, 0.2) is 72.4 Å². The fraction of sp³-hybridized carbons (Fsp3) is 0. The Hall–Kier alpha value is -2.96. The fourth-order valence-electron chi connectivity index (χ4n) is 2.46. The minimum absolute atomic E-state index is 0.271. The van der Waals surface area contributed by atoms with E-state index < -0.39 is 0 Å². The second-order valence-electron chi connectivity index (χ2n) is 5.49. The summed E-state index contributed by atoms with van der Waals surface area (Å²) in [5.41, 5.74) is 2.84. The minimum Gasteiger partial charge on any atom is -0.321 e. The van der Waals surface area contributed by atoms with Gasteiger partial charge in [-0.05, 0) is 48.5 Å². The lowest BCUT2D eigenvalue weighted by molar-refractivity contribution is 0.102. The summed E-state index contributed by atoms with van der Waals surface area (Å²) in [5.74, 6) is -0.271. The smallest absolute Gasteiger partial charge is 0.276 e. The summed E-state index contributed by atoms with van der Waals surface area (Å²) in [6, 6.07) is 16.5. The Morgan fingerprint density at radius 2 is 1.96 bits per heavy atom. The Balaban J connectivity index is 1.48. The number of aromatic nitrogens is 3. The van der Waals surface area contributed by atoms with E-state index in [1.807, 2.05) is 41.8 Å². The van der Waals surface area contributed by atoms with Crippen molar-refractivity contribution in [3.8, 4) is 16.3 Å². The monoisotopic (exact) mass is 380 g/mol. The third-order valence-electron chi connectivity index (χ3n) is 3.72. The first-order valence-electron chi connectivity index (χ1n) is 7.82. The first kappa shape index (κ1) is 16.5. The molecule has 0 aliphatic rings. The van der Waals surface area contributed by atoms with E-state index in [1.54, 1.807) is 46.6 Å². The predicted octanol–water partition coefficient (Wildman–Crippen LogP) is 4.90. The van der Waals surface area contributed by atoms with Gasteiger partial charge in [0.25, 0.3) is 5.91 Å². The van der Waals surface area contributed by atoms with Crippen LogP contribution < -0.4 is 5.32 Å². The average molecular weight is 381 g/mol. The number of halogens is 1. The quantitative estimate of drug-likeness (QED) is 0.547. The molecule has 1 N–H and O–H groups in total. The molecule has 2 aromatic heterocycles. The van der Waals surface area contributed by atoms with E-state index in [4.69, 9.17) is 11.6 Å². The topological polar surface area (TPSA) is 59.8 Å². The highest BCUT2D eigenvalue weighted by molar-refractivity contribution is 7.13. The number of benzene rings is 2. The molecule has 0 spiro atoms. The van der Waals surface area contributed by atoms with Gasteiger partial charge in [0.1, 0.15) is 5.01 Å². The van der Waals surface area contributed by atoms with Crippen molar-refractivity contribution in [3.63, 3.8) is 0 Å². The molecule has 7 heteroatoms. The van der Waals surface area contributed by atoms with E-state index in [1.165, 1.54) is 0 Å². The van der Waals surface area contributed by atoms with Crippen LogP contribution in [0.1, 0.15) is 10.5 Å². The van der Waals surface area contributed by atoms with E-state index in [9.17, 15) is 4.79 Å². The van der Waals surface area contributed by atoms with Crippen LogP contribution in [0.5, 0.6) is 0 Å². The average Bonchev–Trinajstić information content (AvgIpc) is 3.35. The van der Waals surface area contributed by atoms with Crippen molar-refractivity contribution in [2.75, 3.05) is 5.32 Å². The molecule has 0 radical (unpaired) electrons. The number of anilines is 1. The number of carbonyl (C=O) groups excluding carboxylic acids is 1. The molecule has 2 heterocycles. The number of rotatable bonds is 4. The molecule has 1 amide bonds. The van der Waals surface area contributed by atoms with Gasteiger partial charge in [-0.25, -0.2) is 9.67 Å². The van der Waals surface area contributed by atoms with E-state index in [0.29, 0.717) is 16.4 Å². The van der Waals surface area contributed by atoms with Crippen LogP contribution in [0, 0.1) is 0 Å². The summed E-state index contributed by atoms with van der Waals surface area (Å²) in [6.07, 6.45) is 3.50. The molecule has 0 bridgehead atoms. The van der Waals surface area contributed by atoms with Gasteiger partial charge in [-0.15, -0.1) is 11.3 Å². The van der Waals surface area contributed by atoms with E-state index >= 15 is 0 Å². The van der Waals surface area contributed by atoms with Gasteiger partial charge in [0.15, 0.2) is 5.69 Å². The van der Waals surface area contributed by atoms with Gasteiger partial charge >= 0.3 is 0 Å². The number of nitrogens with zero attached hydrogens (tertiary/aromatic N) is 3. The second kappa shape index (κ2) is 7.11. The third-order valence-corrected chi connectivity index (χ3v) is 4.77. The van der Waals surface area contributed by atoms with Crippen molar-refractivity contribution < 1.29 is 4.79 Å². The zero-order chi connectivity index (χ0) is 17.9. The highest BCUT2D eigenvalue weighted by Crippen LogP contribution is 2.23. The molecule has 0 saturated heterocycles. The molecule has 0 unspecified atom stereocenters. The Labute approximate surface area is 158 Å². The zero-order valence-electron chi connectivity index (χ0n) is 13.5. The lowest BCUT2D eigenvalue weighted by Crippen LogP contribution is -2.13. The summed E-state index contributed by atoms with van der Waals surface area (Å²) in [4.78, 5) is 16.7. The lowest BCUT2D eigenvalue weighted by atomic mass is 10.2. The molecule has 0 saturated carbocycles. The van der Waals surface area contributed by atoms with Crippen LogP contribution in [-0.4, -0.2) is 20.7 Å². The minimum atomic E-state index is -0.271.